The number of rotatable bonds is 15. The maximum absolute atomic E-state index is 13.9. The summed E-state index contributed by atoms with van der Waals surface area (Å²) in [6.45, 7) is 10.6. The zero-order valence-corrected chi connectivity index (χ0v) is 27.6. The van der Waals surface area contributed by atoms with Crippen molar-refractivity contribution < 1.29 is 52.4 Å². The summed E-state index contributed by atoms with van der Waals surface area (Å²) in [5.41, 5.74) is -2.68. The highest BCUT2D eigenvalue weighted by molar-refractivity contribution is 7.92. The highest BCUT2D eigenvalue weighted by atomic mass is 31.2. The standard InChI is InChI=1S/C20H45B2N3O11P4/c1-6-12-36-13-9-20(5)22-19(4,24(16-38(22,28)29)17-40(33,34)35)8-11-25(20)18(2,3)7-10-23(14-37(21,26)27)15-39(30,31)32/h6-17H2,1-5H3,(H,26,27)(H,28,29)(H2,30,31,32)(H2,33,34,35). The number of hydrogen-bond acceptors (Lipinski definition) is 8. The topological polar surface area (TPSA) is 209 Å². The Morgan fingerprint density at radius 2 is 1.68 bits per heavy atom. The van der Waals surface area contributed by atoms with Gasteiger partial charge in [0.15, 0.2) is 14.5 Å². The molecule has 232 valence electrons. The van der Waals surface area contributed by atoms with Crippen molar-refractivity contribution in [3.63, 3.8) is 0 Å². The van der Waals surface area contributed by atoms with Crippen LogP contribution in [0.1, 0.15) is 60.3 Å². The van der Waals surface area contributed by atoms with Crippen LogP contribution >= 0.6 is 29.7 Å². The van der Waals surface area contributed by atoms with Crippen LogP contribution in [0.2, 0.25) is 0 Å². The van der Waals surface area contributed by atoms with Crippen molar-refractivity contribution in [3.05, 3.63) is 0 Å². The molecular formula is C20H45B2N3O11P4. The minimum absolute atomic E-state index is 0.0157. The zero-order valence-electron chi connectivity index (χ0n) is 24.0. The van der Waals surface area contributed by atoms with Gasteiger partial charge in [-0.25, -0.2) is 0 Å². The Morgan fingerprint density at radius 3 is 2.17 bits per heavy atom. The van der Waals surface area contributed by atoms with Crippen LogP contribution in [-0.4, -0.2) is 126 Å². The first-order valence-corrected chi connectivity index (χ1v) is 20.6. The molecule has 40 heavy (non-hydrogen) atoms. The van der Waals surface area contributed by atoms with Gasteiger partial charge in [0.25, 0.3) is 6.43 Å². The molecule has 0 spiro atoms. The Bertz CT molecular complexity index is 1060. The molecular weight excluding hydrogens is 604 g/mol. The van der Waals surface area contributed by atoms with E-state index in [9.17, 15) is 47.6 Å². The van der Waals surface area contributed by atoms with Crippen molar-refractivity contribution in [1.29, 1.82) is 0 Å². The predicted molar refractivity (Wildman–Crippen MR) is 156 cm³/mol. The van der Waals surface area contributed by atoms with E-state index in [4.69, 9.17) is 12.3 Å². The van der Waals surface area contributed by atoms with E-state index in [0.717, 1.165) is 11.3 Å². The Labute approximate surface area is 238 Å². The third-order valence-corrected chi connectivity index (χ3v) is 13.1. The van der Waals surface area contributed by atoms with Gasteiger partial charge in [-0.05, 0) is 46.1 Å². The summed E-state index contributed by atoms with van der Waals surface area (Å²) in [7, 11) is -11.9. The first-order chi connectivity index (χ1) is 17.9. The lowest BCUT2D eigenvalue weighted by molar-refractivity contribution is -0.00931. The highest BCUT2D eigenvalue weighted by Crippen LogP contribution is 2.65. The average Bonchev–Trinajstić information content (AvgIpc) is 2.91. The number of hydrogen-bond donors (Lipinski definition) is 6. The van der Waals surface area contributed by atoms with Crippen LogP contribution in [0.25, 0.3) is 0 Å². The van der Waals surface area contributed by atoms with E-state index >= 15 is 0 Å². The van der Waals surface area contributed by atoms with Crippen LogP contribution in [0.5, 0.6) is 0 Å². The van der Waals surface area contributed by atoms with Gasteiger partial charge in [0.2, 0.25) is 7.57 Å². The predicted octanol–water partition coefficient (Wildman–Crippen LogP) is 1.69. The van der Waals surface area contributed by atoms with Gasteiger partial charge >= 0.3 is 15.2 Å². The molecule has 0 aliphatic carbocycles. The molecule has 6 N–H and O–H groups in total. The first-order valence-electron chi connectivity index (χ1n) is 13.2. The van der Waals surface area contributed by atoms with Crippen molar-refractivity contribution in [2.75, 3.05) is 51.4 Å². The lowest BCUT2D eigenvalue weighted by atomic mass is 9.40. The van der Waals surface area contributed by atoms with Gasteiger partial charge in [0.05, 0.1) is 12.6 Å². The van der Waals surface area contributed by atoms with Crippen LogP contribution < -0.4 is 0 Å². The molecule has 2 heterocycles. The van der Waals surface area contributed by atoms with E-state index < -0.39 is 71.4 Å². The van der Waals surface area contributed by atoms with Crippen LogP contribution in [-0.2, 0) is 23.0 Å². The zero-order chi connectivity index (χ0) is 31.0. The SMILES string of the molecule is [B]P(=O)(O)CN(CCC(C)(C)N1CCC2(C)B(C1(C)CCOCCC)P(=O)(O)CN2CP(=O)(O)O)CP(=O)(O)O. The van der Waals surface area contributed by atoms with Crippen LogP contribution in [0, 0.1) is 0 Å². The summed E-state index contributed by atoms with van der Waals surface area (Å²) in [5.74, 6) is 0. The molecule has 4 atom stereocenters. The van der Waals surface area contributed by atoms with Crippen LogP contribution in [0.3, 0.4) is 0 Å². The minimum atomic E-state index is -4.57. The summed E-state index contributed by atoms with van der Waals surface area (Å²) in [6.07, 6.45) is -1.46. The number of fused-ring (bicyclic) bond motifs is 1. The van der Waals surface area contributed by atoms with Crippen molar-refractivity contribution in [1.82, 2.24) is 14.7 Å². The second kappa shape index (κ2) is 12.9. The molecule has 2 rings (SSSR count). The molecule has 0 aromatic carbocycles. The van der Waals surface area contributed by atoms with Crippen molar-refractivity contribution in [3.8, 4) is 0 Å². The molecule has 0 amide bonds. The van der Waals surface area contributed by atoms with E-state index in [0.29, 0.717) is 26.0 Å². The van der Waals surface area contributed by atoms with Crippen molar-refractivity contribution in [2.45, 2.75) is 76.7 Å². The van der Waals surface area contributed by atoms with Crippen molar-refractivity contribution in [2.24, 2.45) is 0 Å². The van der Waals surface area contributed by atoms with E-state index in [-0.39, 0.29) is 25.9 Å². The lowest BCUT2D eigenvalue weighted by Gasteiger charge is -2.60. The molecule has 14 nitrogen and oxygen atoms in total. The maximum atomic E-state index is 13.9. The van der Waals surface area contributed by atoms with E-state index in [1.54, 1.807) is 6.92 Å². The monoisotopic (exact) mass is 649 g/mol. The average molecular weight is 649 g/mol. The normalized spacial score (nSPS) is 30.6. The smallest absolute Gasteiger partial charge is 0.339 e. The summed E-state index contributed by atoms with van der Waals surface area (Å²) >= 11 is 0. The third-order valence-electron chi connectivity index (χ3n) is 8.15. The second-order valence-corrected chi connectivity index (χ2v) is 19.6. The third kappa shape index (κ3) is 9.57. The van der Waals surface area contributed by atoms with E-state index in [2.05, 4.69) is 4.90 Å². The van der Waals surface area contributed by atoms with Gasteiger partial charge < -0.3 is 43.2 Å². The Hall–Kier alpha value is 0.650. The molecule has 2 radical (unpaired) electrons. The van der Waals surface area contributed by atoms with Crippen LogP contribution in [0.15, 0.2) is 0 Å². The van der Waals surface area contributed by atoms with Gasteiger partial charge in [-0.1, -0.05) is 20.8 Å². The summed E-state index contributed by atoms with van der Waals surface area (Å²) in [5, 5.41) is 0. The van der Waals surface area contributed by atoms with Gasteiger partial charge in [-0.3, -0.25) is 23.8 Å². The molecule has 4 unspecified atom stereocenters. The number of nitrogens with zero attached hydrogens (tertiary/aromatic N) is 3. The quantitative estimate of drug-likeness (QED) is 0.0848. The second-order valence-electron chi connectivity index (χ2n) is 12.3. The fraction of sp³-hybridized carbons (Fsp3) is 1.00. The van der Waals surface area contributed by atoms with Gasteiger partial charge in [0, 0.05) is 36.2 Å². The fourth-order valence-electron chi connectivity index (χ4n) is 6.76. The maximum Gasteiger partial charge on any atom is 0.339 e. The molecule has 0 bridgehead atoms. The molecule has 0 aromatic rings. The Balaban J connectivity index is 2.46. The summed E-state index contributed by atoms with van der Waals surface area (Å²) < 4.78 is 55.1. The minimum Gasteiger partial charge on any atom is -0.381 e. The fourth-order valence-corrected chi connectivity index (χ4v) is 12.9. The van der Waals surface area contributed by atoms with Gasteiger partial charge in [-0.2, -0.15) is 0 Å². The highest BCUT2D eigenvalue weighted by Gasteiger charge is 2.70. The van der Waals surface area contributed by atoms with Gasteiger partial charge in [-0.15, -0.1) is 0 Å². The van der Waals surface area contributed by atoms with Crippen molar-refractivity contribution >= 4 is 43.7 Å². The van der Waals surface area contributed by atoms with E-state index in [1.807, 2.05) is 27.7 Å². The van der Waals surface area contributed by atoms with Crippen LogP contribution in [0.4, 0.5) is 0 Å². The Kier molecular flexibility index (Phi) is 11.9. The molecule has 0 saturated carbocycles. The molecule has 2 aliphatic heterocycles. The molecule has 2 saturated heterocycles. The first kappa shape index (κ1) is 36.8. The summed E-state index contributed by atoms with van der Waals surface area (Å²) in [6, 6.07) is 0. The summed E-state index contributed by atoms with van der Waals surface area (Å²) in [4.78, 5) is 64.1. The Morgan fingerprint density at radius 1 is 1.07 bits per heavy atom. The molecule has 20 heteroatoms. The van der Waals surface area contributed by atoms with E-state index in [1.165, 1.54) is 4.90 Å². The molecule has 2 fully saturated rings. The lowest BCUT2D eigenvalue weighted by Crippen LogP contribution is -2.74. The largest absolute Gasteiger partial charge is 0.381 e. The molecule has 2 aliphatic rings. The van der Waals surface area contributed by atoms with Gasteiger partial charge in [0.1, 0.15) is 12.6 Å². The molecule has 0 aromatic heterocycles. The number of ether oxygens (including phenoxy) is 1.